The molecule has 1 unspecified atom stereocenters. The fourth-order valence-corrected chi connectivity index (χ4v) is 7.15. The molecule has 0 saturated carbocycles. The first kappa shape index (κ1) is 31.4. The third kappa shape index (κ3) is 15.4. The zero-order valence-corrected chi connectivity index (χ0v) is 24.4. The number of hydrogen-bond acceptors (Lipinski definition) is 0. The number of unbranched alkanes of at least 4 members (excludes halogenated alkanes) is 15. The van der Waals surface area contributed by atoms with Crippen molar-refractivity contribution >= 4 is 20.0 Å². The van der Waals surface area contributed by atoms with Gasteiger partial charge in [-0.15, -0.1) is 0 Å². The highest BCUT2D eigenvalue weighted by Gasteiger charge is 2.29. The lowest BCUT2D eigenvalue weighted by Crippen LogP contribution is -2.26. The molecule has 0 heterocycles. The van der Waals surface area contributed by atoms with Gasteiger partial charge in [-0.05, 0) is 35.3 Å². The van der Waals surface area contributed by atoms with Gasteiger partial charge in [0.1, 0.15) is 0 Å². The van der Waals surface area contributed by atoms with E-state index in [-0.39, 0.29) is 0 Å². The van der Waals surface area contributed by atoms with Crippen LogP contribution in [0.25, 0.3) is 6.08 Å². The van der Waals surface area contributed by atoms with Gasteiger partial charge in [0.25, 0.3) is 0 Å². The summed E-state index contributed by atoms with van der Waals surface area (Å²) < 4.78 is 0. The van der Waals surface area contributed by atoms with Gasteiger partial charge in [0.2, 0.25) is 0 Å². The summed E-state index contributed by atoms with van der Waals surface area (Å²) in [5.74, 6) is 0. The quantitative estimate of drug-likeness (QED) is 0.101. The maximum Gasteiger partial charge on any atom is -0.00816 e. The van der Waals surface area contributed by atoms with Crippen LogP contribution in [0.1, 0.15) is 161 Å². The van der Waals surface area contributed by atoms with E-state index in [4.69, 9.17) is 0 Å². The highest BCUT2D eigenvalue weighted by Crippen LogP contribution is 2.45. The smallest absolute Gasteiger partial charge is 0.00816 e. The fraction of sp³-hybridized carbons (Fsp3) is 0.758. The molecule has 0 aliphatic rings. The molecular formula is C33H59P. The van der Waals surface area contributed by atoms with Crippen LogP contribution in [0, 0.1) is 0 Å². The van der Waals surface area contributed by atoms with E-state index in [2.05, 4.69) is 51.6 Å². The lowest BCUT2D eigenvalue weighted by molar-refractivity contribution is 0.400. The second-order valence-corrected chi connectivity index (χ2v) is 12.7. The van der Waals surface area contributed by atoms with Crippen LogP contribution >= 0.6 is 8.58 Å². The van der Waals surface area contributed by atoms with Crippen molar-refractivity contribution in [3.63, 3.8) is 0 Å². The Bertz CT molecular complexity index is 532. The minimum atomic E-state index is 0.538. The summed E-state index contributed by atoms with van der Waals surface area (Å²) >= 11 is 0. The summed E-state index contributed by atoms with van der Waals surface area (Å²) in [6.45, 7) is 10.9. The summed E-state index contributed by atoms with van der Waals surface area (Å²) in [6.07, 6.45) is 31.9. The SMILES string of the molecule is C=Cc1ccc(PC(CCCCCCCC)(CCCCCCCC)CCCCCCCC)cc1. The molecule has 1 aromatic rings. The molecule has 0 amide bonds. The minimum Gasteiger partial charge on any atom is -0.0985 e. The van der Waals surface area contributed by atoms with Gasteiger partial charge in [0.15, 0.2) is 0 Å². The van der Waals surface area contributed by atoms with Crippen molar-refractivity contribution in [3.05, 3.63) is 36.4 Å². The molecule has 1 atom stereocenters. The van der Waals surface area contributed by atoms with Crippen molar-refractivity contribution in [2.75, 3.05) is 0 Å². The average Bonchev–Trinajstić information content (AvgIpc) is 2.86. The molecule has 0 aliphatic carbocycles. The topological polar surface area (TPSA) is 0 Å². The molecule has 1 rings (SSSR count). The first-order valence-corrected chi connectivity index (χ1v) is 16.2. The Morgan fingerprint density at radius 1 is 0.559 bits per heavy atom. The molecular weight excluding hydrogens is 427 g/mol. The van der Waals surface area contributed by atoms with Crippen molar-refractivity contribution in [1.82, 2.24) is 0 Å². The van der Waals surface area contributed by atoms with E-state index in [1.54, 1.807) is 5.30 Å². The molecule has 1 heteroatoms. The predicted octanol–water partition coefficient (Wildman–Crippen LogP) is 11.6. The van der Waals surface area contributed by atoms with Crippen LogP contribution in [-0.4, -0.2) is 5.16 Å². The Hall–Kier alpha value is -0.610. The van der Waals surface area contributed by atoms with E-state index >= 15 is 0 Å². The van der Waals surface area contributed by atoms with Crippen LogP contribution in [0.2, 0.25) is 0 Å². The highest BCUT2D eigenvalue weighted by molar-refractivity contribution is 7.49. The van der Waals surface area contributed by atoms with Gasteiger partial charge in [-0.1, -0.05) is 182 Å². The third-order valence-corrected chi connectivity index (χ3v) is 9.48. The average molecular weight is 487 g/mol. The molecule has 0 fully saturated rings. The third-order valence-electron chi connectivity index (χ3n) is 7.58. The Kier molecular flexibility index (Phi) is 20.0. The zero-order chi connectivity index (χ0) is 24.7. The maximum absolute atomic E-state index is 3.95. The van der Waals surface area contributed by atoms with Crippen LogP contribution in [0.15, 0.2) is 30.8 Å². The molecule has 0 spiro atoms. The van der Waals surface area contributed by atoms with Crippen molar-refractivity contribution in [2.24, 2.45) is 0 Å². The van der Waals surface area contributed by atoms with Gasteiger partial charge in [0.05, 0.1) is 0 Å². The number of benzene rings is 1. The van der Waals surface area contributed by atoms with E-state index in [0.29, 0.717) is 5.16 Å². The lowest BCUT2D eigenvalue weighted by Gasteiger charge is -2.35. The summed E-state index contributed by atoms with van der Waals surface area (Å²) in [7, 11) is 0.966. The van der Waals surface area contributed by atoms with Gasteiger partial charge in [-0.3, -0.25) is 0 Å². The zero-order valence-electron chi connectivity index (χ0n) is 23.4. The second kappa shape index (κ2) is 21.7. The normalized spacial score (nSPS) is 12.1. The van der Waals surface area contributed by atoms with Gasteiger partial charge >= 0.3 is 0 Å². The Balaban J connectivity index is 2.81. The van der Waals surface area contributed by atoms with Crippen molar-refractivity contribution in [3.8, 4) is 0 Å². The van der Waals surface area contributed by atoms with Crippen LogP contribution in [-0.2, 0) is 0 Å². The minimum absolute atomic E-state index is 0.538. The Morgan fingerprint density at radius 3 is 1.26 bits per heavy atom. The van der Waals surface area contributed by atoms with Crippen molar-refractivity contribution in [2.45, 2.75) is 161 Å². The lowest BCUT2D eigenvalue weighted by atomic mass is 9.88. The largest absolute Gasteiger partial charge is 0.0985 e. The molecule has 0 aliphatic heterocycles. The standard InChI is InChI=1S/C33H59P/c1-5-9-12-15-18-21-28-33(29-22-19-16-13-10-6-2,30-23-20-17-14-11-7-3)34-32-26-24-31(8-4)25-27-32/h8,24-27,34H,4-7,9-23,28-30H2,1-3H3. The van der Waals surface area contributed by atoms with Crippen molar-refractivity contribution < 1.29 is 0 Å². The molecule has 1 aromatic carbocycles. The van der Waals surface area contributed by atoms with Gasteiger partial charge in [-0.2, -0.15) is 0 Å². The predicted molar refractivity (Wildman–Crippen MR) is 161 cm³/mol. The monoisotopic (exact) mass is 486 g/mol. The molecule has 0 bridgehead atoms. The van der Waals surface area contributed by atoms with Crippen LogP contribution < -0.4 is 5.30 Å². The number of rotatable bonds is 24. The number of hydrogen-bond donors (Lipinski definition) is 0. The van der Waals surface area contributed by atoms with Crippen LogP contribution in [0.3, 0.4) is 0 Å². The first-order chi connectivity index (χ1) is 16.7. The van der Waals surface area contributed by atoms with E-state index < -0.39 is 0 Å². The van der Waals surface area contributed by atoms with Crippen LogP contribution in [0.5, 0.6) is 0 Å². The second-order valence-electron chi connectivity index (χ2n) is 10.8. The molecule has 0 nitrogen and oxygen atoms in total. The van der Waals surface area contributed by atoms with Crippen molar-refractivity contribution in [1.29, 1.82) is 0 Å². The van der Waals surface area contributed by atoms with E-state index in [0.717, 1.165) is 8.58 Å². The summed E-state index contributed by atoms with van der Waals surface area (Å²) in [6, 6.07) is 9.35. The van der Waals surface area contributed by atoms with Gasteiger partial charge < -0.3 is 0 Å². The van der Waals surface area contributed by atoms with E-state index in [9.17, 15) is 0 Å². The molecule has 196 valence electrons. The van der Waals surface area contributed by atoms with Gasteiger partial charge in [0, 0.05) is 0 Å². The Morgan fingerprint density at radius 2 is 0.912 bits per heavy atom. The molecule has 0 saturated heterocycles. The molecule has 34 heavy (non-hydrogen) atoms. The highest BCUT2D eigenvalue weighted by atomic mass is 31.1. The fourth-order valence-electron chi connectivity index (χ4n) is 5.30. The molecule has 0 aromatic heterocycles. The summed E-state index contributed by atoms with van der Waals surface area (Å²) in [5.41, 5.74) is 1.25. The maximum atomic E-state index is 3.95. The van der Waals surface area contributed by atoms with Gasteiger partial charge in [-0.25, -0.2) is 0 Å². The molecule has 0 N–H and O–H groups in total. The Labute approximate surface area is 217 Å². The summed E-state index contributed by atoms with van der Waals surface area (Å²) in [4.78, 5) is 0. The van der Waals surface area contributed by atoms with E-state index in [1.165, 1.54) is 140 Å². The summed E-state index contributed by atoms with van der Waals surface area (Å²) in [5, 5.41) is 2.12. The first-order valence-electron chi connectivity index (χ1n) is 15.2. The van der Waals surface area contributed by atoms with E-state index in [1.807, 2.05) is 6.08 Å². The van der Waals surface area contributed by atoms with Crippen LogP contribution in [0.4, 0.5) is 0 Å². The molecule has 0 radical (unpaired) electrons.